The van der Waals surface area contributed by atoms with E-state index in [2.05, 4.69) is 4.72 Å². The molecule has 0 saturated heterocycles. The van der Waals surface area contributed by atoms with E-state index in [4.69, 9.17) is 17.3 Å². The molecule has 1 fully saturated rings. The number of nitrogens with two attached hydrogens (primary N) is 1. The molecule has 1 aromatic rings. The second-order valence-corrected chi connectivity index (χ2v) is 7.44. The van der Waals surface area contributed by atoms with Crippen LogP contribution in [0, 0.1) is 0 Å². The fraction of sp³-hybridized carbons (Fsp3) is 0.538. The average Bonchev–Trinajstić information content (AvgIpc) is 2.40. The lowest BCUT2D eigenvalue weighted by Gasteiger charge is -2.29. The van der Waals surface area contributed by atoms with Crippen LogP contribution in [0.4, 0.5) is 13.2 Å². The van der Waals surface area contributed by atoms with Crippen LogP contribution in [-0.4, -0.2) is 20.5 Å². The molecule has 0 unspecified atom stereocenters. The van der Waals surface area contributed by atoms with Crippen LogP contribution in [0.1, 0.15) is 31.2 Å². The Hall–Kier alpha value is -0.830. The molecule has 0 amide bonds. The van der Waals surface area contributed by atoms with Gasteiger partial charge in [-0.25, -0.2) is 13.1 Å². The number of sulfonamides is 1. The van der Waals surface area contributed by atoms with Crippen molar-refractivity contribution in [2.24, 2.45) is 5.73 Å². The van der Waals surface area contributed by atoms with Crippen molar-refractivity contribution in [1.82, 2.24) is 4.72 Å². The summed E-state index contributed by atoms with van der Waals surface area (Å²) in [5.74, 6) is 0. The quantitative estimate of drug-likeness (QED) is 0.874. The number of nitrogens with one attached hydrogen (secondary N) is 1. The van der Waals surface area contributed by atoms with Gasteiger partial charge in [-0.1, -0.05) is 24.4 Å². The highest BCUT2D eigenvalue weighted by atomic mass is 35.5. The summed E-state index contributed by atoms with van der Waals surface area (Å²) in [5.41, 5.74) is 4.68. The van der Waals surface area contributed by atoms with Gasteiger partial charge in [-0.3, -0.25) is 0 Å². The molecule has 124 valence electrons. The van der Waals surface area contributed by atoms with E-state index in [1.54, 1.807) is 0 Å². The first-order valence-corrected chi connectivity index (χ1v) is 8.62. The number of alkyl halides is 3. The number of hydrogen-bond donors (Lipinski definition) is 2. The van der Waals surface area contributed by atoms with Gasteiger partial charge >= 0.3 is 6.18 Å². The molecular formula is C13H16ClF3N2O2S. The van der Waals surface area contributed by atoms with Crippen LogP contribution in [0.25, 0.3) is 0 Å². The predicted molar refractivity (Wildman–Crippen MR) is 77.0 cm³/mol. The summed E-state index contributed by atoms with van der Waals surface area (Å²) in [5, 5.41) is -0.541. The Balaban J connectivity index is 2.30. The lowest BCUT2D eigenvalue weighted by Crippen LogP contribution is -2.49. The van der Waals surface area contributed by atoms with Crippen LogP contribution >= 0.6 is 11.6 Å². The largest absolute Gasteiger partial charge is 0.417 e. The van der Waals surface area contributed by atoms with E-state index in [9.17, 15) is 21.6 Å². The Morgan fingerprint density at radius 1 is 1.23 bits per heavy atom. The highest BCUT2D eigenvalue weighted by molar-refractivity contribution is 7.89. The first-order chi connectivity index (χ1) is 10.1. The minimum atomic E-state index is -4.72. The molecule has 9 heteroatoms. The third kappa shape index (κ3) is 3.92. The Labute approximate surface area is 131 Å². The van der Waals surface area contributed by atoms with Crippen LogP contribution in [-0.2, 0) is 16.2 Å². The monoisotopic (exact) mass is 356 g/mol. The summed E-state index contributed by atoms with van der Waals surface area (Å²) < 4.78 is 65.4. The van der Waals surface area contributed by atoms with Crippen molar-refractivity contribution in [1.29, 1.82) is 0 Å². The van der Waals surface area contributed by atoms with Crippen molar-refractivity contribution in [3.63, 3.8) is 0 Å². The Kier molecular flexibility index (Phi) is 5.06. The second-order valence-electron chi connectivity index (χ2n) is 5.32. The van der Waals surface area contributed by atoms with Crippen LogP contribution in [0.2, 0.25) is 5.02 Å². The molecule has 0 bridgehead atoms. The highest BCUT2D eigenvalue weighted by Crippen LogP contribution is 2.36. The first kappa shape index (κ1) is 17.5. The van der Waals surface area contributed by atoms with Crippen molar-refractivity contribution >= 4 is 21.6 Å². The van der Waals surface area contributed by atoms with E-state index in [1.807, 2.05) is 0 Å². The zero-order valence-electron chi connectivity index (χ0n) is 11.5. The summed E-state index contributed by atoms with van der Waals surface area (Å²) in [7, 11) is -4.08. The Bertz CT molecular complexity index is 649. The van der Waals surface area contributed by atoms with E-state index in [0.717, 1.165) is 25.0 Å². The van der Waals surface area contributed by atoms with E-state index < -0.39 is 37.7 Å². The maximum Gasteiger partial charge on any atom is 0.417 e. The molecule has 3 N–H and O–H groups in total. The number of halogens is 4. The maximum absolute atomic E-state index is 12.8. The van der Waals surface area contributed by atoms with E-state index >= 15 is 0 Å². The SMILES string of the molecule is N[C@@H]1CCCC[C@H]1NS(=O)(=O)c1ccc(Cl)c(C(F)(F)F)c1. The summed E-state index contributed by atoms with van der Waals surface area (Å²) >= 11 is 5.49. The van der Waals surface area contributed by atoms with Gasteiger partial charge in [0.1, 0.15) is 0 Å². The molecule has 0 radical (unpaired) electrons. The number of rotatable bonds is 3. The molecule has 0 heterocycles. The van der Waals surface area contributed by atoms with Gasteiger partial charge < -0.3 is 5.73 Å². The van der Waals surface area contributed by atoms with Gasteiger partial charge in [-0.15, -0.1) is 0 Å². The van der Waals surface area contributed by atoms with Gasteiger partial charge in [0.05, 0.1) is 15.5 Å². The zero-order chi connectivity index (χ0) is 16.5. The average molecular weight is 357 g/mol. The van der Waals surface area contributed by atoms with Crippen molar-refractivity contribution in [3.05, 3.63) is 28.8 Å². The lowest BCUT2D eigenvalue weighted by molar-refractivity contribution is -0.137. The van der Waals surface area contributed by atoms with Gasteiger partial charge in [-0.2, -0.15) is 13.2 Å². The minimum absolute atomic E-state index is 0.335. The van der Waals surface area contributed by atoms with Gasteiger partial charge in [0.25, 0.3) is 0 Å². The molecule has 0 aliphatic heterocycles. The number of benzene rings is 1. The smallest absolute Gasteiger partial charge is 0.326 e. The van der Waals surface area contributed by atoms with Gasteiger partial charge in [0, 0.05) is 12.1 Å². The predicted octanol–water partition coefficient (Wildman–Crippen LogP) is 2.91. The van der Waals surface area contributed by atoms with Crippen LogP contribution in [0.5, 0.6) is 0 Å². The van der Waals surface area contributed by atoms with Crippen molar-refractivity contribution in [2.75, 3.05) is 0 Å². The molecule has 1 aliphatic carbocycles. The van der Waals surface area contributed by atoms with Gasteiger partial charge in [-0.05, 0) is 31.0 Å². The Morgan fingerprint density at radius 2 is 1.86 bits per heavy atom. The third-order valence-corrected chi connectivity index (χ3v) is 5.50. The molecule has 22 heavy (non-hydrogen) atoms. The Morgan fingerprint density at radius 3 is 2.45 bits per heavy atom. The van der Waals surface area contributed by atoms with Crippen LogP contribution in [0.3, 0.4) is 0 Å². The van der Waals surface area contributed by atoms with Gasteiger partial charge in [0.2, 0.25) is 10.0 Å². The minimum Gasteiger partial charge on any atom is -0.326 e. The molecule has 0 aromatic heterocycles. The molecule has 2 atom stereocenters. The molecule has 1 saturated carbocycles. The topological polar surface area (TPSA) is 72.2 Å². The van der Waals surface area contributed by atoms with Crippen LogP contribution in [0.15, 0.2) is 23.1 Å². The normalized spacial score (nSPS) is 23.5. The summed E-state index contributed by atoms with van der Waals surface area (Å²) in [4.78, 5) is -0.470. The van der Waals surface area contributed by atoms with Crippen molar-refractivity contribution in [3.8, 4) is 0 Å². The van der Waals surface area contributed by atoms with E-state index in [1.165, 1.54) is 0 Å². The second kappa shape index (κ2) is 6.35. The molecule has 2 rings (SSSR count). The van der Waals surface area contributed by atoms with Gasteiger partial charge in [0.15, 0.2) is 0 Å². The zero-order valence-corrected chi connectivity index (χ0v) is 13.1. The molecule has 0 spiro atoms. The maximum atomic E-state index is 12.8. The third-order valence-electron chi connectivity index (χ3n) is 3.68. The highest BCUT2D eigenvalue weighted by Gasteiger charge is 2.35. The van der Waals surface area contributed by atoms with Crippen molar-refractivity contribution in [2.45, 2.75) is 48.8 Å². The van der Waals surface area contributed by atoms with E-state index in [-0.39, 0.29) is 6.04 Å². The fourth-order valence-corrected chi connectivity index (χ4v) is 4.03. The summed E-state index contributed by atoms with van der Waals surface area (Å²) in [6.45, 7) is 0. The van der Waals surface area contributed by atoms with E-state index in [0.29, 0.717) is 18.9 Å². The fourth-order valence-electron chi connectivity index (χ4n) is 2.46. The molecular weight excluding hydrogens is 341 g/mol. The van der Waals surface area contributed by atoms with Crippen LogP contribution < -0.4 is 10.5 Å². The first-order valence-electron chi connectivity index (χ1n) is 6.76. The standard InChI is InChI=1S/C13H16ClF3N2O2S/c14-10-6-5-8(7-9(10)13(15,16)17)22(20,21)19-12-4-2-1-3-11(12)18/h5-7,11-12,19H,1-4,18H2/t11-,12-/m1/s1. The molecule has 1 aliphatic rings. The number of hydrogen-bond acceptors (Lipinski definition) is 3. The molecule has 4 nitrogen and oxygen atoms in total. The summed E-state index contributed by atoms with van der Waals surface area (Å²) in [6, 6.07) is 1.72. The van der Waals surface area contributed by atoms with Crippen molar-refractivity contribution < 1.29 is 21.6 Å². The molecule has 1 aromatic carbocycles. The lowest BCUT2D eigenvalue weighted by atomic mass is 9.92. The summed E-state index contributed by atoms with van der Waals surface area (Å²) in [6.07, 6.45) is -1.72.